The van der Waals surface area contributed by atoms with Gasteiger partial charge in [-0.25, -0.2) is 15.8 Å². The maximum Gasteiger partial charge on any atom is 0.165 e. The van der Waals surface area contributed by atoms with E-state index in [1.807, 2.05) is 25.1 Å². The van der Waals surface area contributed by atoms with Crippen LogP contribution in [0.15, 0.2) is 24.3 Å². The number of nitrogens with one attached hydrogen (secondary N) is 1. The molecule has 0 aliphatic rings. The molecule has 0 bridgehead atoms. The normalized spacial score (nSPS) is 10.1. The molecule has 0 spiro atoms. The molecule has 6 nitrogen and oxygen atoms in total. The Morgan fingerprint density at radius 1 is 1.11 bits per heavy atom. The molecule has 0 amide bonds. The molecular formula is C13H16N4O2. The summed E-state index contributed by atoms with van der Waals surface area (Å²) in [5, 5.41) is 0. The van der Waals surface area contributed by atoms with E-state index < -0.39 is 0 Å². The van der Waals surface area contributed by atoms with Gasteiger partial charge in [0.25, 0.3) is 0 Å². The van der Waals surface area contributed by atoms with Gasteiger partial charge in [0.15, 0.2) is 5.82 Å². The number of nitrogens with zero attached hydrogens (tertiary/aromatic N) is 2. The maximum absolute atomic E-state index is 5.40. The highest BCUT2D eigenvalue weighted by Crippen LogP contribution is 2.31. The van der Waals surface area contributed by atoms with Crippen molar-refractivity contribution in [3.8, 4) is 22.9 Å². The van der Waals surface area contributed by atoms with E-state index in [4.69, 9.17) is 15.3 Å². The third-order valence-electron chi connectivity index (χ3n) is 2.65. The molecule has 0 atom stereocenters. The van der Waals surface area contributed by atoms with Crippen LogP contribution >= 0.6 is 0 Å². The van der Waals surface area contributed by atoms with E-state index in [2.05, 4.69) is 15.4 Å². The van der Waals surface area contributed by atoms with Gasteiger partial charge in [-0.1, -0.05) is 0 Å². The number of nitrogens with two attached hydrogens (primary N) is 1. The number of nitrogen functional groups attached to an aromatic ring is 1. The molecule has 0 aliphatic carbocycles. The van der Waals surface area contributed by atoms with Crippen molar-refractivity contribution in [3.05, 3.63) is 30.0 Å². The number of aryl methyl sites for hydroxylation is 1. The second-order valence-corrected chi connectivity index (χ2v) is 3.93. The summed E-state index contributed by atoms with van der Waals surface area (Å²) in [4.78, 5) is 8.72. The summed E-state index contributed by atoms with van der Waals surface area (Å²) in [6.45, 7) is 1.87. The van der Waals surface area contributed by atoms with Crippen molar-refractivity contribution < 1.29 is 9.47 Å². The molecular weight excluding hydrogens is 244 g/mol. The highest BCUT2D eigenvalue weighted by Gasteiger charge is 2.12. The fourth-order valence-corrected chi connectivity index (χ4v) is 1.75. The average Bonchev–Trinajstić information content (AvgIpc) is 2.45. The number of hydrogen-bond donors (Lipinski definition) is 2. The lowest BCUT2D eigenvalue weighted by molar-refractivity contribution is 0.404. The van der Waals surface area contributed by atoms with Gasteiger partial charge in [0.1, 0.15) is 17.3 Å². The van der Waals surface area contributed by atoms with Crippen molar-refractivity contribution in [2.75, 3.05) is 19.6 Å². The van der Waals surface area contributed by atoms with E-state index in [1.54, 1.807) is 20.3 Å². The molecule has 1 heterocycles. The number of aromatic nitrogens is 2. The van der Waals surface area contributed by atoms with Crippen LogP contribution in [0.1, 0.15) is 5.69 Å². The second-order valence-electron chi connectivity index (χ2n) is 3.93. The van der Waals surface area contributed by atoms with Crippen molar-refractivity contribution in [2.45, 2.75) is 6.92 Å². The SMILES string of the molecule is COc1ccc(OC)c(-c2nc(C)cc(NN)n2)c1. The number of ether oxygens (including phenoxy) is 2. The van der Waals surface area contributed by atoms with Gasteiger partial charge in [0, 0.05) is 11.8 Å². The standard InChI is InChI=1S/C13H16N4O2/c1-8-6-12(17-14)16-13(15-8)10-7-9(18-2)4-5-11(10)19-3/h4-7H,14H2,1-3H3,(H,15,16,17). The van der Waals surface area contributed by atoms with Gasteiger partial charge >= 0.3 is 0 Å². The molecule has 0 unspecified atom stereocenters. The minimum atomic E-state index is 0.531. The molecule has 2 rings (SSSR count). The Morgan fingerprint density at radius 2 is 1.89 bits per heavy atom. The van der Waals surface area contributed by atoms with Crippen molar-refractivity contribution in [3.63, 3.8) is 0 Å². The van der Waals surface area contributed by atoms with Crippen LogP contribution in [0.2, 0.25) is 0 Å². The smallest absolute Gasteiger partial charge is 0.165 e. The molecule has 1 aromatic carbocycles. The van der Waals surface area contributed by atoms with Crippen LogP contribution in [0.5, 0.6) is 11.5 Å². The van der Waals surface area contributed by atoms with Gasteiger partial charge < -0.3 is 14.9 Å². The Morgan fingerprint density at radius 3 is 2.53 bits per heavy atom. The topological polar surface area (TPSA) is 82.3 Å². The van der Waals surface area contributed by atoms with E-state index in [9.17, 15) is 0 Å². The fraction of sp³-hybridized carbons (Fsp3) is 0.231. The van der Waals surface area contributed by atoms with Crippen molar-refractivity contribution in [2.24, 2.45) is 5.84 Å². The highest BCUT2D eigenvalue weighted by atomic mass is 16.5. The number of methoxy groups -OCH3 is 2. The molecule has 0 saturated carbocycles. The Labute approximate surface area is 111 Å². The molecule has 0 saturated heterocycles. The number of hydrogen-bond acceptors (Lipinski definition) is 6. The molecule has 19 heavy (non-hydrogen) atoms. The monoisotopic (exact) mass is 260 g/mol. The molecule has 100 valence electrons. The van der Waals surface area contributed by atoms with Crippen LogP contribution in [-0.4, -0.2) is 24.2 Å². The van der Waals surface area contributed by atoms with Gasteiger partial charge in [0.2, 0.25) is 0 Å². The third-order valence-corrected chi connectivity index (χ3v) is 2.65. The summed E-state index contributed by atoms with van der Waals surface area (Å²) < 4.78 is 10.5. The first-order valence-electron chi connectivity index (χ1n) is 5.72. The zero-order valence-corrected chi connectivity index (χ0v) is 11.1. The molecule has 6 heteroatoms. The Bertz CT molecular complexity index is 587. The minimum Gasteiger partial charge on any atom is -0.497 e. The summed E-state index contributed by atoms with van der Waals surface area (Å²) in [7, 11) is 3.21. The molecule has 0 aliphatic heterocycles. The Hall–Kier alpha value is -2.34. The lowest BCUT2D eigenvalue weighted by Crippen LogP contribution is -2.10. The van der Waals surface area contributed by atoms with Gasteiger partial charge in [0.05, 0.1) is 19.8 Å². The minimum absolute atomic E-state index is 0.531. The van der Waals surface area contributed by atoms with Crippen LogP contribution in [0.3, 0.4) is 0 Å². The van der Waals surface area contributed by atoms with Crippen LogP contribution < -0.4 is 20.7 Å². The average molecular weight is 260 g/mol. The van der Waals surface area contributed by atoms with Gasteiger partial charge in [-0.05, 0) is 25.1 Å². The summed E-state index contributed by atoms with van der Waals surface area (Å²) in [6, 6.07) is 7.22. The first-order valence-corrected chi connectivity index (χ1v) is 5.72. The fourth-order valence-electron chi connectivity index (χ4n) is 1.75. The van der Waals surface area contributed by atoms with Crippen LogP contribution in [0.25, 0.3) is 11.4 Å². The predicted molar refractivity (Wildman–Crippen MR) is 73.1 cm³/mol. The van der Waals surface area contributed by atoms with Gasteiger partial charge in [-0.15, -0.1) is 0 Å². The third kappa shape index (κ3) is 2.74. The van der Waals surface area contributed by atoms with Crippen LogP contribution in [-0.2, 0) is 0 Å². The maximum atomic E-state index is 5.40. The quantitative estimate of drug-likeness (QED) is 0.644. The van der Waals surface area contributed by atoms with Crippen LogP contribution in [0.4, 0.5) is 5.82 Å². The zero-order valence-electron chi connectivity index (χ0n) is 11.1. The van der Waals surface area contributed by atoms with E-state index in [-0.39, 0.29) is 0 Å². The first-order chi connectivity index (χ1) is 9.17. The lowest BCUT2D eigenvalue weighted by atomic mass is 10.1. The van der Waals surface area contributed by atoms with Gasteiger partial charge in [-0.3, -0.25) is 0 Å². The molecule has 3 N–H and O–H groups in total. The van der Waals surface area contributed by atoms with E-state index in [0.717, 1.165) is 11.3 Å². The van der Waals surface area contributed by atoms with Crippen molar-refractivity contribution >= 4 is 5.82 Å². The number of rotatable bonds is 4. The van der Waals surface area contributed by atoms with Crippen molar-refractivity contribution in [1.29, 1.82) is 0 Å². The largest absolute Gasteiger partial charge is 0.497 e. The summed E-state index contributed by atoms with van der Waals surface area (Å²) in [5.74, 6) is 7.86. The number of anilines is 1. The van der Waals surface area contributed by atoms with E-state index >= 15 is 0 Å². The molecule has 1 aromatic heterocycles. The molecule has 0 radical (unpaired) electrons. The number of hydrazine groups is 1. The summed E-state index contributed by atoms with van der Waals surface area (Å²) in [6.07, 6.45) is 0. The Balaban J connectivity index is 2.59. The van der Waals surface area contributed by atoms with E-state index in [1.165, 1.54) is 0 Å². The Kier molecular flexibility index (Phi) is 3.82. The van der Waals surface area contributed by atoms with Gasteiger partial charge in [-0.2, -0.15) is 0 Å². The van der Waals surface area contributed by atoms with Crippen molar-refractivity contribution in [1.82, 2.24) is 9.97 Å². The summed E-state index contributed by atoms with van der Waals surface area (Å²) >= 11 is 0. The predicted octanol–water partition coefficient (Wildman–Crippen LogP) is 1.75. The zero-order chi connectivity index (χ0) is 13.8. The highest BCUT2D eigenvalue weighted by molar-refractivity contribution is 5.67. The number of benzene rings is 1. The summed E-state index contributed by atoms with van der Waals surface area (Å²) in [5.41, 5.74) is 4.08. The molecule has 0 fully saturated rings. The van der Waals surface area contributed by atoms with Crippen LogP contribution in [0, 0.1) is 6.92 Å². The van der Waals surface area contributed by atoms with E-state index in [0.29, 0.717) is 23.1 Å². The lowest BCUT2D eigenvalue weighted by Gasteiger charge is -2.11. The second kappa shape index (κ2) is 5.53. The first kappa shape index (κ1) is 13.1. The molecule has 2 aromatic rings.